The van der Waals surface area contributed by atoms with Crippen LogP contribution in [0.3, 0.4) is 0 Å². The first kappa shape index (κ1) is 12.2. The minimum absolute atomic E-state index is 0.137. The highest BCUT2D eigenvalue weighted by Gasteiger charge is 2.24. The van der Waals surface area contributed by atoms with Crippen LogP contribution in [0, 0.1) is 0 Å². The van der Waals surface area contributed by atoms with Gasteiger partial charge in [0.05, 0.1) is 26.4 Å². The minimum atomic E-state index is -0.297. The van der Waals surface area contributed by atoms with E-state index in [9.17, 15) is 0 Å². The maximum Gasteiger partial charge on any atom is 0.184 e. The predicted molar refractivity (Wildman–Crippen MR) is 63.4 cm³/mol. The third-order valence-corrected chi connectivity index (χ3v) is 2.60. The van der Waals surface area contributed by atoms with Crippen molar-refractivity contribution in [3.8, 4) is 11.5 Å². The Labute approximate surface area is 101 Å². The van der Waals surface area contributed by atoms with Crippen molar-refractivity contribution in [1.29, 1.82) is 0 Å². The number of hydrogen-bond acceptors (Lipinski definition) is 4. The van der Waals surface area contributed by atoms with Crippen molar-refractivity contribution in [2.75, 3.05) is 20.3 Å². The molecule has 1 saturated heterocycles. The van der Waals surface area contributed by atoms with E-state index < -0.39 is 0 Å². The summed E-state index contributed by atoms with van der Waals surface area (Å²) in [6, 6.07) is 5.72. The Bertz CT molecular complexity index is 378. The van der Waals surface area contributed by atoms with Crippen LogP contribution in [0.1, 0.15) is 25.7 Å². The molecular weight excluding hydrogens is 220 g/mol. The van der Waals surface area contributed by atoms with Crippen LogP contribution in [-0.4, -0.2) is 26.4 Å². The lowest BCUT2D eigenvalue weighted by Crippen LogP contribution is -2.03. The zero-order valence-corrected chi connectivity index (χ0v) is 10.4. The molecule has 0 aromatic heterocycles. The molecule has 1 aliphatic rings. The van der Waals surface area contributed by atoms with E-state index in [1.165, 1.54) is 0 Å². The normalized spacial score (nSPS) is 23.7. The Kier molecular flexibility index (Phi) is 3.86. The molecule has 0 aliphatic carbocycles. The zero-order valence-electron chi connectivity index (χ0n) is 10.4. The Morgan fingerprint density at radius 1 is 1.35 bits per heavy atom. The van der Waals surface area contributed by atoms with Gasteiger partial charge in [-0.15, -0.1) is 0 Å². The van der Waals surface area contributed by atoms with E-state index in [1.807, 2.05) is 32.0 Å². The number of methoxy groups -OCH3 is 1. The third-order valence-electron chi connectivity index (χ3n) is 2.60. The predicted octanol–water partition coefficient (Wildman–Crippen LogP) is 2.53. The minimum Gasteiger partial charge on any atom is -0.493 e. The first-order valence-electron chi connectivity index (χ1n) is 5.82. The first-order chi connectivity index (χ1) is 8.24. The van der Waals surface area contributed by atoms with Gasteiger partial charge in [-0.3, -0.25) is 0 Å². The van der Waals surface area contributed by atoms with Crippen LogP contribution in [0.5, 0.6) is 11.5 Å². The fraction of sp³-hybridized carbons (Fsp3) is 0.538. The van der Waals surface area contributed by atoms with Gasteiger partial charge in [0.1, 0.15) is 0 Å². The van der Waals surface area contributed by atoms with Gasteiger partial charge in [0, 0.05) is 5.56 Å². The molecule has 0 unspecified atom stereocenters. The van der Waals surface area contributed by atoms with Gasteiger partial charge in [-0.2, -0.15) is 0 Å². The van der Waals surface area contributed by atoms with E-state index in [1.54, 1.807) is 7.11 Å². The van der Waals surface area contributed by atoms with Crippen molar-refractivity contribution in [3.05, 3.63) is 23.8 Å². The van der Waals surface area contributed by atoms with Crippen LogP contribution < -0.4 is 9.47 Å². The molecule has 1 aromatic rings. The monoisotopic (exact) mass is 238 g/mol. The van der Waals surface area contributed by atoms with Gasteiger partial charge in [0.2, 0.25) is 0 Å². The fourth-order valence-electron chi connectivity index (χ4n) is 1.79. The lowest BCUT2D eigenvalue weighted by atomic mass is 10.2. The van der Waals surface area contributed by atoms with Crippen molar-refractivity contribution < 1.29 is 18.9 Å². The lowest BCUT2D eigenvalue weighted by molar-refractivity contribution is -0.0573. The van der Waals surface area contributed by atoms with Crippen molar-refractivity contribution in [3.63, 3.8) is 0 Å². The summed E-state index contributed by atoms with van der Waals surface area (Å²) in [7, 11) is 1.63. The van der Waals surface area contributed by atoms with Crippen LogP contribution in [0.25, 0.3) is 0 Å². The highest BCUT2D eigenvalue weighted by atomic mass is 16.7. The molecule has 0 bridgehead atoms. The van der Waals surface area contributed by atoms with Crippen molar-refractivity contribution in [2.45, 2.75) is 26.2 Å². The molecule has 17 heavy (non-hydrogen) atoms. The van der Waals surface area contributed by atoms with Gasteiger partial charge >= 0.3 is 0 Å². The maximum atomic E-state index is 5.63. The number of hydrogen-bond donors (Lipinski definition) is 0. The second kappa shape index (κ2) is 5.38. The summed E-state index contributed by atoms with van der Waals surface area (Å²) < 4.78 is 21.9. The number of benzene rings is 1. The number of ether oxygens (including phenoxy) is 4. The molecule has 0 radical (unpaired) electrons. The SMILES string of the molecule is CCOc1ccc([C@H]2OC[C@@H](C)O2)cc1OC. The molecule has 4 nitrogen and oxygen atoms in total. The maximum absolute atomic E-state index is 5.63. The van der Waals surface area contributed by atoms with Crippen LogP contribution in [-0.2, 0) is 9.47 Å². The van der Waals surface area contributed by atoms with Crippen LogP contribution >= 0.6 is 0 Å². The van der Waals surface area contributed by atoms with Crippen LogP contribution in [0.2, 0.25) is 0 Å². The average molecular weight is 238 g/mol. The Hall–Kier alpha value is -1.26. The van der Waals surface area contributed by atoms with Crippen LogP contribution in [0.15, 0.2) is 18.2 Å². The Morgan fingerprint density at radius 3 is 2.76 bits per heavy atom. The highest BCUT2D eigenvalue weighted by molar-refractivity contribution is 5.43. The van der Waals surface area contributed by atoms with E-state index in [4.69, 9.17) is 18.9 Å². The first-order valence-corrected chi connectivity index (χ1v) is 5.82. The van der Waals surface area contributed by atoms with Gasteiger partial charge in [-0.25, -0.2) is 0 Å². The van der Waals surface area contributed by atoms with Gasteiger partial charge in [-0.1, -0.05) is 6.07 Å². The lowest BCUT2D eigenvalue weighted by Gasteiger charge is -2.14. The molecule has 94 valence electrons. The largest absolute Gasteiger partial charge is 0.493 e. The summed E-state index contributed by atoms with van der Waals surface area (Å²) in [5, 5.41) is 0. The van der Waals surface area contributed by atoms with Crippen molar-refractivity contribution in [1.82, 2.24) is 0 Å². The molecule has 1 aromatic carbocycles. The molecule has 1 fully saturated rings. The van der Waals surface area contributed by atoms with E-state index in [0.29, 0.717) is 19.0 Å². The second-order valence-corrected chi connectivity index (χ2v) is 3.96. The molecule has 0 saturated carbocycles. The molecule has 1 aliphatic heterocycles. The van der Waals surface area contributed by atoms with Crippen molar-refractivity contribution in [2.24, 2.45) is 0 Å². The van der Waals surface area contributed by atoms with Gasteiger partial charge in [0.15, 0.2) is 17.8 Å². The van der Waals surface area contributed by atoms with E-state index in [0.717, 1.165) is 11.3 Å². The smallest absolute Gasteiger partial charge is 0.184 e. The van der Waals surface area contributed by atoms with E-state index >= 15 is 0 Å². The van der Waals surface area contributed by atoms with Gasteiger partial charge < -0.3 is 18.9 Å². The summed E-state index contributed by atoms with van der Waals surface area (Å²) in [4.78, 5) is 0. The molecule has 0 N–H and O–H groups in total. The van der Waals surface area contributed by atoms with Gasteiger partial charge in [0.25, 0.3) is 0 Å². The third kappa shape index (κ3) is 2.70. The molecule has 1 heterocycles. The van der Waals surface area contributed by atoms with Crippen LogP contribution in [0.4, 0.5) is 0 Å². The molecule has 2 rings (SSSR count). The summed E-state index contributed by atoms with van der Waals surface area (Å²) in [6.07, 6.45) is -0.160. The Morgan fingerprint density at radius 2 is 2.18 bits per heavy atom. The fourth-order valence-corrected chi connectivity index (χ4v) is 1.79. The molecular formula is C13H18O4. The Balaban J connectivity index is 2.19. The summed E-state index contributed by atoms with van der Waals surface area (Å²) in [6.45, 7) is 5.17. The van der Waals surface area contributed by atoms with Gasteiger partial charge in [-0.05, 0) is 26.0 Å². The molecule has 0 amide bonds. The summed E-state index contributed by atoms with van der Waals surface area (Å²) in [5.74, 6) is 1.45. The molecule has 2 atom stereocenters. The standard InChI is InChI=1S/C13H18O4/c1-4-15-11-6-5-10(7-12(11)14-3)13-16-8-9(2)17-13/h5-7,9,13H,4,8H2,1-3H3/t9-,13+/m1/s1. The topological polar surface area (TPSA) is 36.9 Å². The quantitative estimate of drug-likeness (QED) is 0.807. The summed E-state index contributed by atoms with van der Waals surface area (Å²) in [5.41, 5.74) is 0.953. The number of rotatable bonds is 4. The average Bonchev–Trinajstić information content (AvgIpc) is 2.77. The molecule has 0 spiro atoms. The van der Waals surface area contributed by atoms with E-state index in [2.05, 4.69) is 0 Å². The zero-order chi connectivity index (χ0) is 12.3. The highest BCUT2D eigenvalue weighted by Crippen LogP contribution is 2.34. The molecule has 4 heteroatoms. The van der Waals surface area contributed by atoms with E-state index in [-0.39, 0.29) is 12.4 Å². The summed E-state index contributed by atoms with van der Waals surface area (Å²) >= 11 is 0. The second-order valence-electron chi connectivity index (χ2n) is 3.96. The van der Waals surface area contributed by atoms with Crippen molar-refractivity contribution >= 4 is 0 Å².